The summed E-state index contributed by atoms with van der Waals surface area (Å²) in [5, 5.41) is 19.6. The van der Waals surface area contributed by atoms with Crippen molar-refractivity contribution in [3.05, 3.63) is 24.3 Å². The minimum atomic E-state index is 0.0308. The summed E-state index contributed by atoms with van der Waals surface area (Å²) in [6.45, 7) is 11.2. The van der Waals surface area contributed by atoms with Gasteiger partial charge in [0.05, 0.1) is 18.0 Å². The van der Waals surface area contributed by atoms with Gasteiger partial charge in [-0.3, -0.25) is 0 Å². The molecule has 0 amide bonds. The van der Waals surface area contributed by atoms with Crippen molar-refractivity contribution < 1.29 is 5.11 Å². The van der Waals surface area contributed by atoms with E-state index >= 15 is 0 Å². The summed E-state index contributed by atoms with van der Waals surface area (Å²) in [5.41, 5.74) is 6.59. The van der Waals surface area contributed by atoms with Crippen LogP contribution in [0.5, 0.6) is 0 Å². The summed E-state index contributed by atoms with van der Waals surface area (Å²) >= 11 is 0. The maximum Gasteiger partial charge on any atom is 0.157 e. The van der Waals surface area contributed by atoms with E-state index in [1.54, 1.807) is 19.3 Å². The monoisotopic (exact) mass is 281 g/mol. The molecule has 20 heavy (non-hydrogen) atoms. The first kappa shape index (κ1) is 18.3. The van der Waals surface area contributed by atoms with E-state index < -0.39 is 0 Å². The zero-order chi connectivity index (χ0) is 15.5. The van der Waals surface area contributed by atoms with Crippen molar-refractivity contribution in [1.82, 2.24) is 10.2 Å². The van der Waals surface area contributed by atoms with Gasteiger partial charge in [0, 0.05) is 25.8 Å². The number of nitrogens with one attached hydrogen (secondary N) is 2. The average molecular weight is 281 g/mol. The van der Waals surface area contributed by atoms with Crippen LogP contribution in [0.1, 0.15) is 20.8 Å². The van der Waals surface area contributed by atoms with Gasteiger partial charge < -0.3 is 26.5 Å². The summed E-state index contributed by atoms with van der Waals surface area (Å²) in [6, 6.07) is 0. The molecule has 0 aliphatic carbocycles. The third kappa shape index (κ3) is 6.49. The first-order valence-electron chi connectivity index (χ1n) is 6.74. The molecule has 0 aliphatic rings. The predicted octanol–water partition coefficient (Wildman–Crippen LogP) is 0.908. The lowest BCUT2D eigenvalue weighted by Gasteiger charge is -2.24. The molecule has 5 N–H and O–H groups in total. The van der Waals surface area contributed by atoms with Crippen molar-refractivity contribution in [2.45, 2.75) is 20.8 Å². The molecule has 0 saturated carbocycles. The highest BCUT2D eigenvalue weighted by molar-refractivity contribution is 5.99. The van der Waals surface area contributed by atoms with Gasteiger partial charge in [-0.1, -0.05) is 20.4 Å². The molecule has 0 fully saturated rings. The largest absolute Gasteiger partial charge is 0.395 e. The summed E-state index contributed by atoms with van der Waals surface area (Å²) in [4.78, 5) is 6.11. The first-order chi connectivity index (χ1) is 9.47. The van der Waals surface area contributed by atoms with Crippen LogP contribution in [0.3, 0.4) is 0 Å². The van der Waals surface area contributed by atoms with Gasteiger partial charge in [-0.15, -0.1) is 0 Å². The van der Waals surface area contributed by atoms with E-state index in [0.29, 0.717) is 30.5 Å². The lowest BCUT2D eigenvalue weighted by Crippen LogP contribution is -2.32. The second kappa shape index (κ2) is 10.2. The van der Waals surface area contributed by atoms with Crippen molar-refractivity contribution in [2.75, 3.05) is 26.2 Å². The molecule has 0 radical (unpaired) electrons. The topological polar surface area (TPSA) is 97.7 Å². The van der Waals surface area contributed by atoms with Crippen LogP contribution in [0.2, 0.25) is 0 Å². The Morgan fingerprint density at radius 1 is 1.55 bits per heavy atom. The number of aliphatic imine (C=N–C) groups is 1. The fourth-order valence-corrected chi connectivity index (χ4v) is 1.58. The Labute approximate surface area is 121 Å². The van der Waals surface area contributed by atoms with Crippen LogP contribution in [0.4, 0.5) is 0 Å². The highest BCUT2D eigenvalue weighted by atomic mass is 16.3. The number of hydrogen-bond acceptors (Lipinski definition) is 6. The van der Waals surface area contributed by atoms with Crippen LogP contribution in [-0.4, -0.2) is 48.2 Å². The fourth-order valence-electron chi connectivity index (χ4n) is 1.58. The summed E-state index contributed by atoms with van der Waals surface area (Å²) < 4.78 is 0. The van der Waals surface area contributed by atoms with E-state index in [4.69, 9.17) is 16.2 Å². The first-order valence-corrected chi connectivity index (χ1v) is 6.74. The fraction of sp³-hybridized carbons (Fsp3) is 0.571. The standard InChI is InChI=1S/C14H27N5O/c1-5-18-14(19(6-2)10-11(3)4)13(16)12(15)9-17-7-8-20/h5-6,11,15,17,20H,2,7-10,16H2,1,3-4H3/b14-13-,15-12?,18-5?. The molecule has 114 valence electrons. The Kier molecular flexibility index (Phi) is 9.32. The van der Waals surface area contributed by atoms with E-state index in [1.807, 2.05) is 4.90 Å². The van der Waals surface area contributed by atoms with Gasteiger partial charge in [0.15, 0.2) is 5.82 Å². The maximum atomic E-state index is 8.72. The highest BCUT2D eigenvalue weighted by Gasteiger charge is 2.14. The Hall–Kier alpha value is -1.66. The minimum absolute atomic E-state index is 0.0308. The molecule has 6 nitrogen and oxygen atoms in total. The lowest BCUT2D eigenvalue weighted by atomic mass is 10.2. The zero-order valence-corrected chi connectivity index (χ0v) is 12.7. The molecule has 0 aliphatic heterocycles. The number of nitrogens with zero attached hydrogens (tertiary/aromatic N) is 2. The zero-order valence-electron chi connectivity index (χ0n) is 12.7. The van der Waals surface area contributed by atoms with E-state index in [9.17, 15) is 0 Å². The van der Waals surface area contributed by atoms with Crippen LogP contribution >= 0.6 is 0 Å². The van der Waals surface area contributed by atoms with Crippen molar-refractivity contribution in [2.24, 2.45) is 16.6 Å². The van der Waals surface area contributed by atoms with Crippen molar-refractivity contribution in [3.8, 4) is 0 Å². The van der Waals surface area contributed by atoms with E-state index in [0.717, 1.165) is 6.54 Å². The molecular formula is C14H27N5O. The van der Waals surface area contributed by atoms with E-state index in [1.165, 1.54) is 0 Å². The van der Waals surface area contributed by atoms with Crippen molar-refractivity contribution in [1.29, 1.82) is 5.41 Å². The number of rotatable bonds is 10. The normalized spacial score (nSPS) is 12.7. The molecule has 0 atom stereocenters. The molecule has 0 aromatic rings. The number of aliphatic hydroxyl groups excluding tert-OH is 1. The van der Waals surface area contributed by atoms with Crippen LogP contribution in [0, 0.1) is 11.3 Å². The van der Waals surface area contributed by atoms with Gasteiger partial charge in [0.1, 0.15) is 0 Å². The van der Waals surface area contributed by atoms with Gasteiger partial charge in [-0.25, -0.2) is 4.99 Å². The van der Waals surface area contributed by atoms with Gasteiger partial charge >= 0.3 is 0 Å². The quantitative estimate of drug-likeness (QED) is 0.353. The third-order valence-corrected chi connectivity index (χ3v) is 2.46. The molecule has 6 heteroatoms. The Morgan fingerprint density at radius 3 is 2.65 bits per heavy atom. The molecular weight excluding hydrogens is 254 g/mol. The Morgan fingerprint density at radius 2 is 2.20 bits per heavy atom. The van der Waals surface area contributed by atoms with Gasteiger partial charge in [-0.2, -0.15) is 0 Å². The SMILES string of the molecule is C=CN(CC(C)C)/C(N=CC)=C(\N)C(=N)CNCCO. The number of aliphatic hydroxyl groups is 1. The molecule has 0 heterocycles. The number of nitrogens with two attached hydrogens (primary N) is 1. The summed E-state index contributed by atoms with van der Waals surface area (Å²) in [6.07, 6.45) is 3.32. The van der Waals surface area contributed by atoms with E-state index in [2.05, 4.69) is 30.7 Å². The molecule has 0 saturated heterocycles. The average Bonchev–Trinajstić information content (AvgIpc) is 2.41. The van der Waals surface area contributed by atoms with Crippen molar-refractivity contribution in [3.63, 3.8) is 0 Å². The molecule has 0 unspecified atom stereocenters. The summed E-state index contributed by atoms with van der Waals surface area (Å²) in [5.74, 6) is 0.955. The van der Waals surface area contributed by atoms with Crippen molar-refractivity contribution >= 4 is 11.9 Å². The third-order valence-electron chi connectivity index (χ3n) is 2.46. The van der Waals surface area contributed by atoms with Crippen LogP contribution < -0.4 is 11.1 Å². The predicted molar refractivity (Wildman–Crippen MR) is 84.8 cm³/mol. The van der Waals surface area contributed by atoms with Crippen LogP contribution in [0.25, 0.3) is 0 Å². The smallest absolute Gasteiger partial charge is 0.157 e. The minimum Gasteiger partial charge on any atom is -0.395 e. The Bertz CT molecular complexity index is 374. The maximum absolute atomic E-state index is 8.72. The molecule has 0 aromatic carbocycles. The second-order valence-electron chi connectivity index (χ2n) is 4.73. The number of hydrogen-bond donors (Lipinski definition) is 4. The van der Waals surface area contributed by atoms with E-state index in [-0.39, 0.29) is 12.3 Å². The van der Waals surface area contributed by atoms with Gasteiger partial charge in [0.2, 0.25) is 0 Å². The second-order valence-corrected chi connectivity index (χ2v) is 4.73. The van der Waals surface area contributed by atoms with Crippen LogP contribution in [-0.2, 0) is 0 Å². The molecule has 0 rings (SSSR count). The molecule has 0 bridgehead atoms. The van der Waals surface area contributed by atoms with Crippen LogP contribution in [0.15, 0.2) is 29.3 Å². The molecule has 0 aromatic heterocycles. The summed E-state index contributed by atoms with van der Waals surface area (Å²) in [7, 11) is 0. The Balaban J connectivity index is 5.12. The van der Waals surface area contributed by atoms with Gasteiger partial charge in [-0.05, 0) is 19.0 Å². The van der Waals surface area contributed by atoms with Gasteiger partial charge in [0.25, 0.3) is 0 Å². The lowest BCUT2D eigenvalue weighted by molar-refractivity contribution is 0.295. The highest BCUT2D eigenvalue weighted by Crippen LogP contribution is 2.13. The molecule has 0 spiro atoms.